The van der Waals surface area contributed by atoms with Crippen LogP contribution in [0.3, 0.4) is 0 Å². The molecule has 0 rings (SSSR count). The number of thiol groups is 1. The second-order valence-corrected chi connectivity index (χ2v) is 4.90. The first kappa shape index (κ1) is 20.1. The minimum Gasteiger partial charge on any atom is -0.480 e. The molecule has 0 radical (unpaired) electrons. The number of carboxylic acids is 2. The first-order valence-electron chi connectivity index (χ1n) is 6.19. The van der Waals surface area contributed by atoms with Crippen molar-refractivity contribution in [3.8, 4) is 0 Å². The van der Waals surface area contributed by atoms with E-state index in [0.717, 1.165) is 0 Å². The smallest absolute Gasteiger partial charge is 0.326 e. The van der Waals surface area contributed by atoms with Gasteiger partial charge in [0.2, 0.25) is 11.8 Å². The molecule has 0 aliphatic rings. The molecule has 0 heterocycles. The number of nitrogens with two attached hydrogens (primary N) is 1. The third kappa shape index (κ3) is 6.74. The summed E-state index contributed by atoms with van der Waals surface area (Å²) in [5.74, 6) is -4.17. The minimum absolute atomic E-state index is 0.0795. The molecule has 0 spiro atoms. The molecule has 0 bridgehead atoms. The number of aliphatic hydroxyl groups excluding tert-OH is 1. The van der Waals surface area contributed by atoms with Gasteiger partial charge in [-0.1, -0.05) is 0 Å². The van der Waals surface area contributed by atoms with Crippen molar-refractivity contribution in [3.63, 3.8) is 0 Å². The van der Waals surface area contributed by atoms with E-state index < -0.39 is 48.5 Å². The van der Waals surface area contributed by atoms with Crippen LogP contribution in [0.2, 0.25) is 0 Å². The number of rotatable bonds is 10. The zero-order chi connectivity index (χ0) is 17.3. The molecule has 2 amide bonds. The highest BCUT2D eigenvalue weighted by molar-refractivity contribution is 7.80. The molecule has 2 unspecified atom stereocenters. The van der Waals surface area contributed by atoms with Gasteiger partial charge in [-0.3, -0.25) is 19.2 Å². The second kappa shape index (κ2) is 9.23. The zero-order valence-electron chi connectivity index (χ0n) is 11.6. The first-order chi connectivity index (χ1) is 10.2. The summed E-state index contributed by atoms with van der Waals surface area (Å²) < 4.78 is 0. The van der Waals surface area contributed by atoms with Gasteiger partial charge in [0.25, 0.3) is 0 Å². The molecule has 0 aromatic rings. The van der Waals surface area contributed by atoms with Gasteiger partial charge in [0.1, 0.15) is 18.1 Å². The maximum atomic E-state index is 11.7. The highest BCUT2D eigenvalue weighted by atomic mass is 32.1. The van der Waals surface area contributed by atoms with E-state index in [1.807, 2.05) is 0 Å². The monoisotopic (exact) mass is 337 g/mol. The number of aliphatic hydroxyl groups is 1. The van der Waals surface area contributed by atoms with Crippen LogP contribution in [0.5, 0.6) is 0 Å². The lowest BCUT2D eigenvalue weighted by Crippen LogP contribution is -2.53. The molecular weight excluding hydrogens is 318 g/mol. The molecule has 0 saturated carbocycles. The van der Waals surface area contributed by atoms with E-state index in [9.17, 15) is 19.2 Å². The van der Waals surface area contributed by atoms with Crippen LogP contribution < -0.4 is 16.4 Å². The summed E-state index contributed by atoms with van der Waals surface area (Å²) in [4.78, 5) is 44.4. The van der Waals surface area contributed by atoms with Gasteiger partial charge in [0.15, 0.2) is 0 Å². The Labute approximate surface area is 131 Å². The molecular formula is C11H19N3O7S. The molecule has 0 aliphatic carbocycles. The standard InChI is InChI=1S/C11H19N3O7S/c12-11(5-15,10(20)21)2-1-7(16)14-6(4-22)9(19)13-3-8(17)18/h6,15,22H,1-5,12H2,(H,13,19)(H,14,16)(H,17,18)(H,20,21). The molecule has 126 valence electrons. The van der Waals surface area contributed by atoms with E-state index >= 15 is 0 Å². The van der Waals surface area contributed by atoms with Crippen LogP contribution in [0.4, 0.5) is 0 Å². The van der Waals surface area contributed by atoms with Gasteiger partial charge in [0.05, 0.1) is 6.61 Å². The third-order valence-electron chi connectivity index (χ3n) is 2.75. The predicted octanol–water partition coefficient (Wildman–Crippen LogP) is -2.84. The fourth-order valence-corrected chi connectivity index (χ4v) is 1.59. The van der Waals surface area contributed by atoms with E-state index in [1.165, 1.54) is 0 Å². The van der Waals surface area contributed by atoms with Gasteiger partial charge in [-0.2, -0.15) is 12.6 Å². The zero-order valence-corrected chi connectivity index (χ0v) is 12.5. The fourth-order valence-electron chi connectivity index (χ4n) is 1.34. The summed E-state index contributed by atoms with van der Waals surface area (Å²) in [7, 11) is 0. The normalized spacial score (nSPS) is 14.5. The Bertz CT molecular complexity index is 445. The molecule has 0 aromatic heterocycles. The maximum Gasteiger partial charge on any atom is 0.326 e. The molecule has 22 heavy (non-hydrogen) atoms. The van der Waals surface area contributed by atoms with Gasteiger partial charge in [0, 0.05) is 12.2 Å². The Morgan fingerprint density at radius 3 is 2.23 bits per heavy atom. The average molecular weight is 337 g/mol. The largest absolute Gasteiger partial charge is 0.480 e. The molecule has 10 nitrogen and oxygen atoms in total. The summed E-state index contributed by atoms with van der Waals surface area (Å²) in [6, 6.07) is -1.07. The Morgan fingerprint density at radius 2 is 1.82 bits per heavy atom. The molecule has 0 aromatic carbocycles. The van der Waals surface area contributed by atoms with Crippen molar-refractivity contribution < 1.29 is 34.5 Å². The van der Waals surface area contributed by atoms with E-state index in [0.29, 0.717) is 0 Å². The molecule has 7 N–H and O–H groups in total. The van der Waals surface area contributed by atoms with Crippen molar-refractivity contribution in [1.29, 1.82) is 0 Å². The summed E-state index contributed by atoms with van der Waals surface area (Å²) in [6.45, 7) is -1.45. The highest BCUT2D eigenvalue weighted by Gasteiger charge is 2.34. The number of carboxylic acid groups (broad SMARTS) is 2. The van der Waals surface area contributed by atoms with E-state index in [-0.39, 0.29) is 18.6 Å². The van der Waals surface area contributed by atoms with Crippen LogP contribution in [-0.2, 0) is 19.2 Å². The van der Waals surface area contributed by atoms with Gasteiger partial charge in [-0.15, -0.1) is 0 Å². The number of hydrogen-bond acceptors (Lipinski definition) is 7. The van der Waals surface area contributed by atoms with Gasteiger partial charge in [-0.25, -0.2) is 0 Å². The molecule has 0 fully saturated rings. The first-order valence-corrected chi connectivity index (χ1v) is 6.82. The summed E-state index contributed by atoms with van der Waals surface area (Å²) in [5, 5.41) is 30.6. The minimum atomic E-state index is -1.95. The number of nitrogens with one attached hydrogen (secondary N) is 2. The van der Waals surface area contributed by atoms with E-state index in [2.05, 4.69) is 23.3 Å². The fraction of sp³-hybridized carbons (Fsp3) is 0.636. The summed E-state index contributed by atoms with van der Waals surface area (Å²) in [5.41, 5.74) is 3.46. The molecule has 11 heteroatoms. The van der Waals surface area contributed by atoms with Crippen LogP contribution in [0.15, 0.2) is 0 Å². The van der Waals surface area contributed by atoms with Crippen molar-refractivity contribution in [2.45, 2.75) is 24.4 Å². The van der Waals surface area contributed by atoms with E-state index in [1.54, 1.807) is 0 Å². The number of amides is 2. The number of carbonyl (C=O) groups excluding carboxylic acids is 2. The Balaban J connectivity index is 4.46. The Kier molecular flexibility index (Phi) is 8.45. The van der Waals surface area contributed by atoms with Crippen molar-refractivity contribution in [2.75, 3.05) is 18.9 Å². The Hall–Kier alpha value is -1.85. The lowest BCUT2D eigenvalue weighted by molar-refractivity contribution is -0.145. The lowest BCUT2D eigenvalue weighted by atomic mass is 9.95. The van der Waals surface area contributed by atoms with Gasteiger partial charge in [-0.05, 0) is 6.42 Å². The molecule has 0 saturated heterocycles. The number of carbonyl (C=O) groups is 4. The second-order valence-electron chi connectivity index (χ2n) is 4.53. The third-order valence-corrected chi connectivity index (χ3v) is 3.12. The molecule has 0 aliphatic heterocycles. The van der Waals surface area contributed by atoms with Crippen molar-refractivity contribution in [1.82, 2.24) is 10.6 Å². The average Bonchev–Trinajstić information content (AvgIpc) is 2.47. The lowest BCUT2D eigenvalue weighted by Gasteiger charge is -2.22. The van der Waals surface area contributed by atoms with Crippen LogP contribution in [0.1, 0.15) is 12.8 Å². The number of aliphatic carboxylic acids is 2. The maximum absolute atomic E-state index is 11.7. The topological polar surface area (TPSA) is 179 Å². The van der Waals surface area contributed by atoms with Gasteiger partial charge >= 0.3 is 11.9 Å². The van der Waals surface area contributed by atoms with Crippen molar-refractivity contribution >= 4 is 36.4 Å². The van der Waals surface area contributed by atoms with Crippen LogP contribution in [0.25, 0.3) is 0 Å². The molecule has 2 atom stereocenters. The quantitative estimate of drug-likeness (QED) is 0.208. The van der Waals surface area contributed by atoms with E-state index in [4.69, 9.17) is 21.1 Å². The predicted molar refractivity (Wildman–Crippen MR) is 77.3 cm³/mol. The van der Waals surface area contributed by atoms with Crippen molar-refractivity contribution in [2.24, 2.45) is 5.73 Å². The van der Waals surface area contributed by atoms with Crippen LogP contribution in [-0.4, -0.2) is 69.6 Å². The van der Waals surface area contributed by atoms with Crippen LogP contribution >= 0.6 is 12.6 Å². The SMILES string of the molecule is NC(CO)(CCC(=O)NC(CS)C(=O)NCC(=O)O)C(=O)O. The van der Waals surface area contributed by atoms with Gasteiger partial charge < -0.3 is 31.7 Å². The Morgan fingerprint density at radius 1 is 1.23 bits per heavy atom. The van der Waals surface area contributed by atoms with Crippen molar-refractivity contribution in [3.05, 3.63) is 0 Å². The van der Waals surface area contributed by atoms with Crippen LogP contribution in [0, 0.1) is 0 Å². The number of hydrogen-bond donors (Lipinski definition) is 7. The highest BCUT2D eigenvalue weighted by Crippen LogP contribution is 2.09. The summed E-state index contributed by atoms with van der Waals surface area (Å²) in [6.07, 6.45) is -0.666. The summed E-state index contributed by atoms with van der Waals surface area (Å²) >= 11 is 3.87.